The number of nitrogens with two attached hydrogens (primary N) is 1. The second-order valence-electron chi connectivity index (χ2n) is 3.19. The monoisotopic (exact) mass is 172 g/mol. The maximum Gasteiger partial charge on any atom is 0.312 e. The lowest BCUT2D eigenvalue weighted by Crippen LogP contribution is -2.33. The summed E-state index contributed by atoms with van der Waals surface area (Å²) < 4.78 is 0. The summed E-state index contributed by atoms with van der Waals surface area (Å²) in [7, 11) is 0. The minimum absolute atomic E-state index is 0.410. The van der Waals surface area contributed by atoms with Gasteiger partial charge in [-0.3, -0.25) is 0 Å². The number of hydrogen-bond acceptors (Lipinski definition) is 1. The smallest absolute Gasteiger partial charge is 0.312 e. The first-order chi connectivity index (χ1) is 5.70. The molecule has 0 aromatic heterocycles. The van der Waals surface area contributed by atoms with Gasteiger partial charge in [-0.15, -0.1) is 0 Å². The Morgan fingerprint density at radius 3 is 2.17 bits per heavy atom. The van der Waals surface area contributed by atoms with Gasteiger partial charge in [-0.1, -0.05) is 26.7 Å². The average Bonchev–Trinajstić information content (AvgIpc) is 2.01. The van der Waals surface area contributed by atoms with Crippen molar-refractivity contribution in [1.29, 1.82) is 0 Å². The molecule has 0 saturated carbocycles. The highest BCUT2D eigenvalue weighted by Crippen LogP contribution is 2.11. The van der Waals surface area contributed by atoms with Gasteiger partial charge in [0.1, 0.15) is 0 Å². The molecule has 0 heterocycles. The molecule has 12 heavy (non-hydrogen) atoms. The third-order valence-electron chi connectivity index (χ3n) is 1.96. The summed E-state index contributed by atoms with van der Waals surface area (Å²) in [6.45, 7) is 5.05. The van der Waals surface area contributed by atoms with E-state index < -0.39 is 6.03 Å². The highest BCUT2D eigenvalue weighted by Gasteiger charge is 2.06. The maximum atomic E-state index is 10.4. The number of carbonyl (C=O) groups is 1. The molecule has 0 saturated heterocycles. The Balaban J connectivity index is 3.54. The van der Waals surface area contributed by atoms with Crippen LogP contribution in [0.4, 0.5) is 4.79 Å². The van der Waals surface area contributed by atoms with Crippen molar-refractivity contribution >= 4 is 6.03 Å². The topological polar surface area (TPSA) is 55.1 Å². The van der Waals surface area contributed by atoms with Crippen molar-refractivity contribution < 1.29 is 4.79 Å². The molecular weight excluding hydrogens is 152 g/mol. The average molecular weight is 172 g/mol. The second kappa shape index (κ2) is 6.95. The van der Waals surface area contributed by atoms with Gasteiger partial charge in [0.25, 0.3) is 0 Å². The molecule has 0 atom stereocenters. The molecule has 0 rings (SSSR count). The molecule has 0 bridgehead atoms. The van der Waals surface area contributed by atoms with Crippen molar-refractivity contribution in [2.45, 2.75) is 39.5 Å². The van der Waals surface area contributed by atoms with Crippen molar-refractivity contribution in [3.05, 3.63) is 0 Å². The Hall–Kier alpha value is -0.730. The minimum Gasteiger partial charge on any atom is -0.352 e. The van der Waals surface area contributed by atoms with Gasteiger partial charge in [-0.05, 0) is 18.8 Å². The van der Waals surface area contributed by atoms with Crippen LogP contribution in [0.15, 0.2) is 0 Å². The van der Waals surface area contributed by atoms with Crippen molar-refractivity contribution in [2.24, 2.45) is 11.7 Å². The molecule has 0 fully saturated rings. The standard InChI is InChI=1S/C9H20N2O/c1-3-5-8(6-4-2)7-11-9(10)12/h8H,3-7H2,1-2H3,(H3,10,11,12). The fraction of sp³-hybridized carbons (Fsp3) is 0.889. The van der Waals surface area contributed by atoms with E-state index in [0.29, 0.717) is 5.92 Å². The van der Waals surface area contributed by atoms with Gasteiger partial charge in [0.15, 0.2) is 0 Å². The van der Waals surface area contributed by atoms with Crippen LogP contribution in [0.5, 0.6) is 0 Å². The number of hydrogen-bond donors (Lipinski definition) is 2. The molecule has 3 heteroatoms. The summed E-state index contributed by atoms with van der Waals surface area (Å²) in [5.41, 5.74) is 4.98. The van der Waals surface area contributed by atoms with Gasteiger partial charge in [0, 0.05) is 6.54 Å². The fourth-order valence-electron chi connectivity index (χ4n) is 1.41. The molecule has 0 spiro atoms. The van der Waals surface area contributed by atoms with Crippen molar-refractivity contribution in [1.82, 2.24) is 5.32 Å². The largest absolute Gasteiger partial charge is 0.352 e. The van der Waals surface area contributed by atoms with Crippen LogP contribution in [-0.4, -0.2) is 12.6 Å². The Labute approximate surface area is 74.7 Å². The van der Waals surface area contributed by atoms with Crippen LogP contribution in [-0.2, 0) is 0 Å². The zero-order valence-electron chi connectivity index (χ0n) is 8.10. The lowest BCUT2D eigenvalue weighted by molar-refractivity contribution is 0.246. The molecule has 0 aliphatic carbocycles. The van der Waals surface area contributed by atoms with Crippen LogP contribution in [0.1, 0.15) is 39.5 Å². The molecule has 0 aliphatic rings. The summed E-state index contributed by atoms with van der Waals surface area (Å²) in [6.07, 6.45) is 4.69. The van der Waals surface area contributed by atoms with E-state index in [1.54, 1.807) is 0 Å². The van der Waals surface area contributed by atoms with Crippen LogP contribution in [0.2, 0.25) is 0 Å². The molecule has 72 valence electrons. The number of carbonyl (C=O) groups excluding carboxylic acids is 1. The van der Waals surface area contributed by atoms with Gasteiger partial charge in [-0.2, -0.15) is 0 Å². The van der Waals surface area contributed by atoms with Gasteiger partial charge >= 0.3 is 6.03 Å². The van der Waals surface area contributed by atoms with E-state index in [2.05, 4.69) is 19.2 Å². The number of nitrogens with one attached hydrogen (secondary N) is 1. The normalized spacial score (nSPS) is 10.2. The number of primary amides is 1. The molecule has 2 amide bonds. The summed E-state index contributed by atoms with van der Waals surface area (Å²) in [5, 5.41) is 2.65. The van der Waals surface area contributed by atoms with E-state index in [0.717, 1.165) is 6.54 Å². The molecule has 0 radical (unpaired) electrons. The van der Waals surface area contributed by atoms with Crippen LogP contribution in [0.25, 0.3) is 0 Å². The van der Waals surface area contributed by atoms with E-state index in [4.69, 9.17) is 5.73 Å². The quantitative estimate of drug-likeness (QED) is 0.631. The van der Waals surface area contributed by atoms with Crippen molar-refractivity contribution in [2.75, 3.05) is 6.54 Å². The minimum atomic E-state index is -0.410. The first-order valence-electron chi connectivity index (χ1n) is 4.74. The molecule has 0 aromatic carbocycles. The van der Waals surface area contributed by atoms with Gasteiger partial charge < -0.3 is 11.1 Å². The molecule has 0 aliphatic heterocycles. The van der Waals surface area contributed by atoms with Crippen molar-refractivity contribution in [3.63, 3.8) is 0 Å². The third-order valence-corrected chi connectivity index (χ3v) is 1.96. The fourth-order valence-corrected chi connectivity index (χ4v) is 1.41. The first kappa shape index (κ1) is 11.3. The van der Waals surface area contributed by atoms with Crippen LogP contribution in [0.3, 0.4) is 0 Å². The summed E-state index contributed by atoms with van der Waals surface area (Å²) in [6, 6.07) is -0.410. The Bertz CT molecular complexity index is 120. The summed E-state index contributed by atoms with van der Waals surface area (Å²) in [5.74, 6) is 0.604. The molecular formula is C9H20N2O. The highest BCUT2D eigenvalue weighted by molar-refractivity contribution is 5.71. The lowest BCUT2D eigenvalue weighted by atomic mass is 9.98. The van der Waals surface area contributed by atoms with Gasteiger partial charge in [-0.25, -0.2) is 4.79 Å². The third kappa shape index (κ3) is 6.01. The molecule has 3 nitrogen and oxygen atoms in total. The summed E-state index contributed by atoms with van der Waals surface area (Å²) >= 11 is 0. The summed E-state index contributed by atoms with van der Waals surface area (Å²) in [4.78, 5) is 10.4. The molecule has 0 unspecified atom stereocenters. The van der Waals surface area contributed by atoms with E-state index in [9.17, 15) is 4.79 Å². The Morgan fingerprint density at radius 2 is 1.83 bits per heavy atom. The van der Waals surface area contributed by atoms with Crippen LogP contribution >= 0.6 is 0 Å². The number of urea groups is 1. The lowest BCUT2D eigenvalue weighted by Gasteiger charge is -2.14. The van der Waals surface area contributed by atoms with Gasteiger partial charge in [0.2, 0.25) is 0 Å². The number of amides is 2. The Kier molecular flexibility index (Phi) is 6.53. The van der Waals surface area contributed by atoms with Crippen LogP contribution < -0.4 is 11.1 Å². The van der Waals surface area contributed by atoms with E-state index in [-0.39, 0.29) is 0 Å². The second-order valence-corrected chi connectivity index (χ2v) is 3.19. The van der Waals surface area contributed by atoms with E-state index in [1.807, 2.05) is 0 Å². The molecule has 0 aromatic rings. The highest BCUT2D eigenvalue weighted by atomic mass is 16.2. The van der Waals surface area contributed by atoms with Crippen molar-refractivity contribution in [3.8, 4) is 0 Å². The van der Waals surface area contributed by atoms with Gasteiger partial charge in [0.05, 0.1) is 0 Å². The zero-order valence-corrected chi connectivity index (χ0v) is 8.10. The Morgan fingerprint density at radius 1 is 1.33 bits per heavy atom. The maximum absolute atomic E-state index is 10.4. The molecule has 3 N–H and O–H groups in total. The SMILES string of the molecule is CCCC(CCC)CNC(N)=O. The predicted molar refractivity (Wildman–Crippen MR) is 50.9 cm³/mol. The van der Waals surface area contributed by atoms with E-state index in [1.165, 1.54) is 25.7 Å². The zero-order chi connectivity index (χ0) is 9.40. The van der Waals surface area contributed by atoms with E-state index >= 15 is 0 Å². The first-order valence-corrected chi connectivity index (χ1v) is 4.74. The van der Waals surface area contributed by atoms with Crippen LogP contribution in [0, 0.1) is 5.92 Å². The predicted octanol–water partition coefficient (Wildman–Crippen LogP) is 1.87. The number of rotatable bonds is 6.